The minimum Gasteiger partial charge on any atom is -0.193 e. The van der Waals surface area contributed by atoms with E-state index in [2.05, 4.69) is 6.07 Å². The van der Waals surface area contributed by atoms with Gasteiger partial charge in [0, 0.05) is 5.57 Å². The van der Waals surface area contributed by atoms with Gasteiger partial charge >= 0.3 is 0 Å². The topological polar surface area (TPSA) is 23.8 Å². The van der Waals surface area contributed by atoms with Gasteiger partial charge in [0.05, 0.1) is 6.07 Å². The van der Waals surface area contributed by atoms with E-state index in [0.717, 1.165) is 16.7 Å². The van der Waals surface area contributed by atoms with Crippen LogP contribution in [0, 0.1) is 11.3 Å². The molecule has 0 atom stereocenters. The van der Waals surface area contributed by atoms with Crippen molar-refractivity contribution in [1.29, 1.82) is 5.26 Å². The molecular weight excluding hydrogens is 254 g/mol. The Balaban J connectivity index is 2.23. The zero-order valence-corrected chi connectivity index (χ0v) is 12.0. The van der Waals surface area contributed by atoms with Crippen LogP contribution in [0.25, 0.3) is 12.2 Å². The van der Waals surface area contributed by atoms with Gasteiger partial charge in [-0.3, -0.25) is 0 Å². The van der Waals surface area contributed by atoms with Crippen molar-refractivity contribution in [3.05, 3.63) is 95.1 Å². The average molecular weight is 271 g/mol. The van der Waals surface area contributed by atoms with E-state index in [1.807, 2.05) is 91.9 Å². The summed E-state index contributed by atoms with van der Waals surface area (Å²) in [5.74, 6) is 0. The molecule has 0 heterocycles. The van der Waals surface area contributed by atoms with Crippen molar-refractivity contribution >= 4 is 12.2 Å². The highest BCUT2D eigenvalue weighted by Crippen LogP contribution is 2.13. The Labute approximate surface area is 126 Å². The van der Waals surface area contributed by atoms with Crippen LogP contribution in [0.4, 0.5) is 0 Å². The minimum atomic E-state index is 0.703. The van der Waals surface area contributed by atoms with Gasteiger partial charge in [-0.25, -0.2) is 0 Å². The minimum absolute atomic E-state index is 0.703. The summed E-state index contributed by atoms with van der Waals surface area (Å²) in [6, 6.07) is 22.3. The smallest absolute Gasteiger partial charge is 0.0950 e. The molecule has 0 unspecified atom stereocenters. The van der Waals surface area contributed by atoms with Gasteiger partial charge in [-0.05, 0) is 23.6 Å². The van der Waals surface area contributed by atoms with Crippen molar-refractivity contribution < 1.29 is 0 Å². The van der Waals surface area contributed by atoms with Crippen LogP contribution in [0.1, 0.15) is 18.1 Å². The third-order valence-electron chi connectivity index (χ3n) is 3.11. The van der Waals surface area contributed by atoms with E-state index in [1.54, 1.807) is 0 Å². The first kappa shape index (κ1) is 14.6. The number of benzene rings is 2. The normalized spacial score (nSPS) is 10.7. The van der Waals surface area contributed by atoms with Gasteiger partial charge < -0.3 is 0 Å². The fourth-order valence-corrected chi connectivity index (χ4v) is 1.87. The monoisotopic (exact) mass is 271 g/mol. The summed E-state index contributed by atoms with van der Waals surface area (Å²) in [4.78, 5) is 0. The molecule has 0 spiro atoms. The Bertz CT molecular complexity index is 647. The molecule has 0 aromatic heterocycles. The molecule has 0 amide bonds. The molecule has 21 heavy (non-hydrogen) atoms. The van der Waals surface area contributed by atoms with Gasteiger partial charge in [0.2, 0.25) is 0 Å². The third-order valence-corrected chi connectivity index (χ3v) is 3.11. The summed E-state index contributed by atoms with van der Waals surface area (Å²) in [6.45, 7) is 1.83. The molecule has 0 radical (unpaired) electrons. The van der Waals surface area contributed by atoms with Crippen molar-refractivity contribution in [2.75, 3.05) is 0 Å². The van der Waals surface area contributed by atoms with Gasteiger partial charge in [-0.2, -0.15) is 5.26 Å². The second-order valence-corrected chi connectivity index (χ2v) is 4.68. The summed E-state index contributed by atoms with van der Waals surface area (Å²) in [6.07, 6.45) is 8.00. The van der Waals surface area contributed by atoms with E-state index in [4.69, 9.17) is 5.26 Å². The maximum atomic E-state index is 9.12. The SMILES string of the molecule is CC(C#N)=C(C=Cc1ccccc1)C=Cc1ccccc1. The maximum absolute atomic E-state index is 9.12. The van der Waals surface area contributed by atoms with Gasteiger partial charge in [0.25, 0.3) is 0 Å². The molecule has 0 saturated heterocycles. The number of rotatable bonds is 4. The molecule has 2 aromatic rings. The number of hydrogen-bond donors (Lipinski definition) is 0. The first-order chi connectivity index (χ1) is 10.3. The Morgan fingerprint density at radius 2 is 1.24 bits per heavy atom. The van der Waals surface area contributed by atoms with Crippen LogP contribution in [-0.4, -0.2) is 0 Å². The van der Waals surface area contributed by atoms with Crippen molar-refractivity contribution in [2.45, 2.75) is 6.92 Å². The summed E-state index contributed by atoms with van der Waals surface area (Å²) in [5, 5.41) is 9.12. The van der Waals surface area contributed by atoms with Gasteiger partial charge in [0.1, 0.15) is 0 Å². The lowest BCUT2D eigenvalue weighted by atomic mass is 10.1. The Morgan fingerprint density at radius 3 is 1.62 bits per heavy atom. The molecule has 102 valence electrons. The van der Waals surface area contributed by atoms with Crippen molar-refractivity contribution in [2.24, 2.45) is 0 Å². The molecule has 2 rings (SSSR count). The maximum Gasteiger partial charge on any atom is 0.0950 e. The number of nitrogens with zero attached hydrogens (tertiary/aromatic N) is 1. The van der Waals surface area contributed by atoms with Crippen LogP contribution in [-0.2, 0) is 0 Å². The molecule has 0 fully saturated rings. The fraction of sp³-hybridized carbons (Fsp3) is 0.0500. The molecule has 0 saturated carbocycles. The first-order valence-electron chi connectivity index (χ1n) is 6.87. The van der Waals surface area contributed by atoms with Gasteiger partial charge in [-0.15, -0.1) is 0 Å². The standard InChI is InChI=1S/C20H17N/c1-17(16-21)20(14-12-18-8-4-2-5-9-18)15-13-19-10-6-3-7-11-19/h2-15H,1H3. The van der Waals surface area contributed by atoms with Crippen LogP contribution in [0.3, 0.4) is 0 Å². The first-order valence-corrected chi connectivity index (χ1v) is 6.87. The lowest BCUT2D eigenvalue weighted by Crippen LogP contribution is -1.80. The van der Waals surface area contributed by atoms with Crippen LogP contribution in [0.2, 0.25) is 0 Å². The molecule has 0 aliphatic heterocycles. The lowest BCUT2D eigenvalue weighted by Gasteiger charge is -1.98. The molecule has 0 aliphatic carbocycles. The van der Waals surface area contributed by atoms with E-state index in [1.165, 1.54) is 0 Å². The molecule has 1 nitrogen and oxygen atoms in total. The summed E-state index contributed by atoms with van der Waals surface area (Å²) >= 11 is 0. The lowest BCUT2D eigenvalue weighted by molar-refractivity contribution is 1.41. The zero-order chi connectivity index (χ0) is 14.9. The highest BCUT2D eigenvalue weighted by molar-refractivity contribution is 5.61. The predicted octanol–water partition coefficient (Wildman–Crippen LogP) is 5.25. The molecular formula is C20H17N. The van der Waals surface area contributed by atoms with Crippen molar-refractivity contribution in [3.8, 4) is 6.07 Å². The van der Waals surface area contributed by atoms with E-state index >= 15 is 0 Å². The zero-order valence-electron chi connectivity index (χ0n) is 12.0. The van der Waals surface area contributed by atoms with Gasteiger partial charge in [0.15, 0.2) is 0 Å². The van der Waals surface area contributed by atoms with E-state index in [-0.39, 0.29) is 0 Å². The summed E-state index contributed by atoms with van der Waals surface area (Å²) < 4.78 is 0. The molecule has 0 bridgehead atoms. The second-order valence-electron chi connectivity index (χ2n) is 4.68. The highest BCUT2D eigenvalue weighted by Gasteiger charge is 1.95. The third kappa shape index (κ3) is 4.63. The molecule has 1 heteroatoms. The average Bonchev–Trinajstić information content (AvgIpc) is 2.56. The largest absolute Gasteiger partial charge is 0.193 e. The Hall–Kier alpha value is -2.85. The predicted molar refractivity (Wildman–Crippen MR) is 89.3 cm³/mol. The van der Waals surface area contributed by atoms with Crippen molar-refractivity contribution in [3.63, 3.8) is 0 Å². The van der Waals surface area contributed by atoms with Gasteiger partial charge in [-0.1, -0.05) is 85.0 Å². The summed E-state index contributed by atoms with van der Waals surface area (Å²) in [7, 11) is 0. The highest BCUT2D eigenvalue weighted by atomic mass is 14.2. The number of hydrogen-bond acceptors (Lipinski definition) is 1. The quantitative estimate of drug-likeness (QED) is 0.550. The van der Waals surface area contributed by atoms with Crippen LogP contribution >= 0.6 is 0 Å². The molecule has 0 N–H and O–H groups in total. The van der Waals surface area contributed by atoms with Crippen LogP contribution in [0.15, 0.2) is 84.0 Å². The van der Waals surface area contributed by atoms with E-state index < -0.39 is 0 Å². The van der Waals surface area contributed by atoms with Crippen molar-refractivity contribution in [1.82, 2.24) is 0 Å². The second kappa shape index (κ2) is 7.67. The fourth-order valence-electron chi connectivity index (χ4n) is 1.87. The molecule has 2 aromatic carbocycles. The Morgan fingerprint density at radius 1 is 0.810 bits per heavy atom. The van der Waals surface area contributed by atoms with Crippen LogP contribution in [0.5, 0.6) is 0 Å². The van der Waals surface area contributed by atoms with E-state index in [9.17, 15) is 0 Å². The van der Waals surface area contributed by atoms with E-state index in [0.29, 0.717) is 5.57 Å². The molecule has 0 aliphatic rings. The van der Waals surface area contributed by atoms with Crippen LogP contribution < -0.4 is 0 Å². The summed E-state index contributed by atoms with van der Waals surface area (Å²) in [5.41, 5.74) is 3.86. The number of allylic oxidation sites excluding steroid dienone is 4. The Kier molecular flexibility index (Phi) is 5.32. The number of nitriles is 1.